The first kappa shape index (κ1) is 15.6. The van der Waals surface area contributed by atoms with Crippen LogP contribution in [0, 0.1) is 0 Å². The quantitative estimate of drug-likeness (QED) is 0.674. The van der Waals surface area contributed by atoms with Crippen molar-refractivity contribution in [2.45, 2.75) is 10.4 Å². The number of pyridine rings is 1. The van der Waals surface area contributed by atoms with Gasteiger partial charge in [-0.25, -0.2) is 9.78 Å². The van der Waals surface area contributed by atoms with Crippen LogP contribution in [0.15, 0.2) is 54.7 Å². The van der Waals surface area contributed by atoms with E-state index in [0.717, 1.165) is 5.56 Å². The first-order valence-corrected chi connectivity index (χ1v) is 7.00. The van der Waals surface area contributed by atoms with E-state index in [4.69, 9.17) is 27.9 Å². The molecule has 0 saturated heterocycles. The van der Waals surface area contributed by atoms with Crippen LogP contribution in [-0.2, 0) is 9.53 Å². The Balaban J connectivity index is 2.38. The van der Waals surface area contributed by atoms with Crippen LogP contribution < -0.4 is 5.32 Å². The van der Waals surface area contributed by atoms with Gasteiger partial charge in [-0.2, -0.15) is 0 Å². The minimum atomic E-state index is -1.78. The lowest BCUT2D eigenvalue weighted by Crippen LogP contribution is -2.38. The average molecular weight is 325 g/mol. The Bertz CT molecular complexity index is 591. The van der Waals surface area contributed by atoms with E-state index in [0.29, 0.717) is 5.82 Å². The maximum Gasteiger partial charge on any atom is 0.344 e. The van der Waals surface area contributed by atoms with Crippen molar-refractivity contribution in [1.29, 1.82) is 0 Å². The van der Waals surface area contributed by atoms with Crippen molar-refractivity contribution in [3.63, 3.8) is 0 Å². The summed E-state index contributed by atoms with van der Waals surface area (Å²) in [5.41, 5.74) is 0.749. The number of methoxy groups -OCH3 is 1. The molecule has 0 aliphatic carbocycles. The van der Waals surface area contributed by atoms with E-state index in [1.165, 1.54) is 7.11 Å². The Labute approximate surface area is 133 Å². The van der Waals surface area contributed by atoms with Gasteiger partial charge >= 0.3 is 5.97 Å². The summed E-state index contributed by atoms with van der Waals surface area (Å²) in [5.74, 6) is -0.177. The van der Waals surface area contributed by atoms with Crippen molar-refractivity contribution in [1.82, 2.24) is 4.98 Å². The zero-order chi connectivity index (χ0) is 15.3. The van der Waals surface area contributed by atoms with Crippen LogP contribution in [0.4, 0.5) is 5.82 Å². The van der Waals surface area contributed by atoms with Gasteiger partial charge in [0.15, 0.2) is 0 Å². The number of aromatic nitrogens is 1. The molecule has 1 heterocycles. The highest BCUT2D eigenvalue weighted by molar-refractivity contribution is 6.58. The van der Waals surface area contributed by atoms with Crippen LogP contribution >= 0.6 is 23.2 Å². The molecule has 1 aromatic carbocycles. The summed E-state index contributed by atoms with van der Waals surface area (Å²) in [6.45, 7) is 0. The molecule has 1 unspecified atom stereocenters. The van der Waals surface area contributed by atoms with Gasteiger partial charge in [-0.15, -0.1) is 0 Å². The highest BCUT2D eigenvalue weighted by Gasteiger charge is 2.45. The number of carbonyl (C=O) groups is 1. The second kappa shape index (κ2) is 6.78. The standard InChI is InChI=1S/C15H14Cl2N2O2/c1-21-14(20)15(16,17)13(11-7-3-2-4-8-11)19-12-9-5-6-10-18-12/h2-10,13H,1H3,(H,18,19). The molecular weight excluding hydrogens is 311 g/mol. The highest BCUT2D eigenvalue weighted by Crippen LogP contribution is 2.39. The number of carbonyl (C=O) groups excluding carboxylic acids is 1. The van der Waals surface area contributed by atoms with Gasteiger partial charge in [0.1, 0.15) is 5.82 Å². The van der Waals surface area contributed by atoms with Crippen molar-refractivity contribution >= 4 is 35.0 Å². The minimum Gasteiger partial charge on any atom is -0.467 e. The Kier molecular flexibility index (Phi) is 5.04. The Morgan fingerprint density at radius 2 is 1.86 bits per heavy atom. The van der Waals surface area contributed by atoms with Crippen LogP contribution in [0.1, 0.15) is 11.6 Å². The van der Waals surface area contributed by atoms with E-state index >= 15 is 0 Å². The fraction of sp³-hybridized carbons (Fsp3) is 0.200. The number of halogens is 2. The zero-order valence-corrected chi connectivity index (χ0v) is 12.8. The SMILES string of the molecule is COC(=O)C(Cl)(Cl)C(Nc1ccccn1)c1ccccc1. The normalized spacial score (nSPS) is 12.5. The lowest BCUT2D eigenvalue weighted by Gasteiger charge is -2.29. The maximum atomic E-state index is 11.9. The number of nitrogens with zero attached hydrogens (tertiary/aromatic N) is 1. The number of benzene rings is 1. The molecule has 2 rings (SSSR count). The van der Waals surface area contributed by atoms with E-state index in [1.54, 1.807) is 18.3 Å². The van der Waals surface area contributed by atoms with Gasteiger partial charge < -0.3 is 10.1 Å². The Morgan fingerprint density at radius 3 is 2.43 bits per heavy atom. The lowest BCUT2D eigenvalue weighted by molar-refractivity contribution is -0.141. The van der Waals surface area contributed by atoms with Crippen LogP contribution in [0.5, 0.6) is 0 Å². The monoisotopic (exact) mass is 324 g/mol. The van der Waals surface area contributed by atoms with Gasteiger partial charge in [0.25, 0.3) is 0 Å². The predicted octanol–water partition coefficient (Wildman–Crippen LogP) is 3.58. The van der Waals surface area contributed by atoms with Crippen molar-refractivity contribution in [2.75, 3.05) is 12.4 Å². The number of anilines is 1. The molecule has 0 saturated carbocycles. The molecule has 1 N–H and O–H groups in total. The van der Waals surface area contributed by atoms with E-state index < -0.39 is 16.3 Å². The molecule has 0 spiro atoms. The predicted molar refractivity (Wildman–Crippen MR) is 83.5 cm³/mol. The third kappa shape index (κ3) is 3.65. The number of alkyl halides is 2. The fourth-order valence-electron chi connectivity index (χ4n) is 1.88. The molecule has 0 aliphatic rings. The molecule has 4 nitrogen and oxygen atoms in total. The topological polar surface area (TPSA) is 51.2 Å². The largest absolute Gasteiger partial charge is 0.467 e. The molecule has 0 amide bonds. The van der Waals surface area contributed by atoms with Crippen molar-refractivity contribution < 1.29 is 9.53 Å². The van der Waals surface area contributed by atoms with Crippen LogP contribution in [0.25, 0.3) is 0 Å². The molecule has 0 radical (unpaired) electrons. The van der Waals surface area contributed by atoms with E-state index in [1.807, 2.05) is 36.4 Å². The number of rotatable bonds is 5. The lowest BCUT2D eigenvalue weighted by atomic mass is 10.0. The molecule has 1 aromatic heterocycles. The van der Waals surface area contributed by atoms with Crippen molar-refractivity contribution in [3.05, 3.63) is 60.3 Å². The number of esters is 1. The summed E-state index contributed by atoms with van der Waals surface area (Å²) < 4.78 is 2.91. The summed E-state index contributed by atoms with van der Waals surface area (Å²) in [4.78, 5) is 16.1. The first-order valence-electron chi connectivity index (χ1n) is 6.24. The summed E-state index contributed by atoms with van der Waals surface area (Å²) >= 11 is 12.5. The van der Waals surface area contributed by atoms with Crippen molar-refractivity contribution in [3.8, 4) is 0 Å². The molecular formula is C15H14Cl2N2O2. The van der Waals surface area contributed by atoms with Crippen LogP contribution in [0.3, 0.4) is 0 Å². The van der Waals surface area contributed by atoms with Gasteiger partial charge in [0.2, 0.25) is 4.33 Å². The molecule has 0 aliphatic heterocycles. The summed E-state index contributed by atoms with van der Waals surface area (Å²) in [7, 11) is 1.24. The molecule has 0 bridgehead atoms. The van der Waals surface area contributed by atoms with E-state index in [9.17, 15) is 4.79 Å². The van der Waals surface area contributed by atoms with E-state index in [2.05, 4.69) is 10.3 Å². The van der Waals surface area contributed by atoms with Gasteiger partial charge in [-0.3, -0.25) is 0 Å². The van der Waals surface area contributed by atoms with Crippen molar-refractivity contribution in [2.24, 2.45) is 0 Å². The summed E-state index contributed by atoms with van der Waals surface area (Å²) in [6.07, 6.45) is 1.63. The third-order valence-corrected chi connectivity index (χ3v) is 3.66. The molecule has 0 fully saturated rings. The molecule has 6 heteroatoms. The van der Waals surface area contributed by atoms with Gasteiger partial charge in [-0.05, 0) is 17.7 Å². The number of hydrogen-bond acceptors (Lipinski definition) is 4. The highest BCUT2D eigenvalue weighted by atomic mass is 35.5. The second-order valence-corrected chi connectivity index (χ2v) is 5.70. The van der Waals surface area contributed by atoms with Gasteiger partial charge in [0, 0.05) is 6.20 Å². The number of nitrogens with one attached hydrogen (secondary N) is 1. The molecule has 1 atom stereocenters. The maximum absolute atomic E-state index is 11.9. The summed E-state index contributed by atoms with van der Waals surface area (Å²) in [6, 6.07) is 13.8. The fourth-order valence-corrected chi connectivity index (χ4v) is 2.39. The summed E-state index contributed by atoms with van der Waals surface area (Å²) in [5, 5.41) is 3.07. The Morgan fingerprint density at radius 1 is 1.19 bits per heavy atom. The molecule has 110 valence electrons. The number of hydrogen-bond donors (Lipinski definition) is 1. The van der Waals surface area contributed by atoms with Crippen LogP contribution in [0.2, 0.25) is 0 Å². The average Bonchev–Trinajstić information content (AvgIpc) is 2.53. The van der Waals surface area contributed by atoms with Gasteiger partial charge in [-0.1, -0.05) is 59.6 Å². The van der Waals surface area contributed by atoms with E-state index in [-0.39, 0.29) is 0 Å². The van der Waals surface area contributed by atoms with Gasteiger partial charge in [0.05, 0.1) is 13.2 Å². The first-order chi connectivity index (χ1) is 10.1. The minimum absolute atomic E-state index is 0.556. The second-order valence-electron chi connectivity index (χ2n) is 4.32. The molecule has 2 aromatic rings. The third-order valence-electron chi connectivity index (χ3n) is 2.91. The smallest absolute Gasteiger partial charge is 0.344 e. The van der Waals surface area contributed by atoms with Crippen LogP contribution in [-0.4, -0.2) is 22.4 Å². The number of ether oxygens (including phenoxy) is 1. The zero-order valence-electron chi connectivity index (χ0n) is 11.3. The Hall–Kier alpha value is -1.78. The molecule has 21 heavy (non-hydrogen) atoms.